The molecule has 3 aromatic rings. The van der Waals surface area contributed by atoms with E-state index >= 15 is 0 Å². The zero-order chi connectivity index (χ0) is 17.3. The summed E-state index contributed by atoms with van der Waals surface area (Å²) in [6.07, 6.45) is 0. The van der Waals surface area contributed by atoms with Crippen molar-refractivity contribution in [2.75, 3.05) is 0 Å². The summed E-state index contributed by atoms with van der Waals surface area (Å²) in [6, 6.07) is 10.6. The molecule has 3 rings (SSSR count). The Morgan fingerprint density at radius 2 is 1.71 bits per heavy atom. The van der Waals surface area contributed by atoms with Crippen molar-refractivity contribution < 1.29 is 13.6 Å². The monoisotopic (exact) mass is 332 g/mol. The first-order chi connectivity index (χ1) is 11.5. The molecule has 0 unspecified atom stereocenters. The zero-order valence-corrected chi connectivity index (χ0v) is 12.8. The van der Waals surface area contributed by atoms with Crippen molar-refractivity contribution >= 4 is 10.9 Å². The quantitative estimate of drug-likeness (QED) is 0.735. The molecule has 7 heteroatoms. The summed E-state index contributed by atoms with van der Waals surface area (Å²) in [5.74, 6) is -2.28. The molecule has 0 N–H and O–H groups in total. The van der Waals surface area contributed by atoms with Crippen molar-refractivity contribution in [2.24, 2.45) is 0 Å². The lowest BCUT2D eigenvalue weighted by atomic mass is 10.2. The van der Waals surface area contributed by atoms with Gasteiger partial charge in [0.15, 0.2) is 11.6 Å². The van der Waals surface area contributed by atoms with Gasteiger partial charge < -0.3 is 4.84 Å². The maximum atomic E-state index is 13.5. The molecule has 2 aromatic carbocycles. The Morgan fingerprint density at radius 1 is 1.04 bits per heavy atom. The van der Waals surface area contributed by atoms with Crippen LogP contribution in [0.2, 0.25) is 0 Å². The average molecular weight is 332 g/mol. The van der Waals surface area contributed by atoms with E-state index in [1.54, 1.807) is 31.2 Å². The van der Waals surface area contributed by atoms with Crippen LogP contribution in [0.4, 0.5) is 8.78 Å². The first-order valence-corrected chi connectivity index (χ1v) is 7.34. The highest BCUT2D eigenvalue weighted by atomic mass is 19.2. The summed E-state index contributed by atoms with van der Waals surface area (Å²) < 4.78 is 28.7. The van der Waals surface area contributed by atoms with Crippen LogP contribution in [0.1, 0.15) is 12.5 Å². The fourth-order valence-corrected chi connectivity index (χ4v) is 2.47. The van der Waals surface area contributed by atoms with E-state index in [1.165, 1.54) is 0 Å². The molecule has 0 aliphatic heterocycles. The molecule has 0 amide bonds. The first-order valence-electron chi connectivity index (χ1n) is 7.34. The normalized spacial score (nSPS) is 11.0. The Balaban J connectivity index is 2.16. The Hall–Kier alpha value is -2.96. The number of aromatic nitrogens is 2. The third kappa shape index (κ3) is 2.68. The van der Waals surface area contributed by atoms with E-state index in [-0.39, 0.29) is 24.1 Å². The van der Waals surface area contributed by atoms with Crippen molar-refractivity contribution in [1.82, 2.24) is 9.30 Å². The Morgan fingerprint density at radius 3 is 2.38 bits per heavy atom. The summed E-state index contributed by atoms with van der Waals surface area (Å²) in [6.45, 7) is 1.83. The number of fused-ring (bicyclic) bond motifs is 1. The van der Waals surface area contributed by atoms with Crippen LogP contribution in [0.25, 0.3) is 10.9 Å². The van der Waals surface area contributed by atoms with E-state index in [2.05, 4.69) is 0 Å². The van der Waals surface area contributed by atoms with Gasteiger partial charge in [0.1, 0.15) is 6.61 Å². The van der Waals surface area contributed by atoms with Crippen LogP contribution in [0.15, 0.2) is 52.1 Å². The molecular weight excluding hydrogens is 318 g/mol. The second kappa shape index (κ2) is 6.27. The van der Waals surface area contributed by atoms with Gasteiger partial charge in [0.2, 0.25) is 0 Å². The maximum Gasteiger partial charge on any atom is 0.365 e. The molecule has 5 nitrogen and oxygen atoms in total. The smallest absolute Gasteiger partial charge is 0.365 e. The number of rotatable bonds is 4. The van der Waals surface area contributed by atoms with Crippen LogP contribution in [0.5, 0.6) is 0 Å². The lowest BCUT2D eigenvalue weighted by molar-refractivity contribution is 0.0774. The standard InChI is InChI=1S/C17H14F2N2O3/c1-2-20-15-9-14(19)13(18)8-12(15)16(22)21(17(20)23)24-10-11-6-4-3-5-7-11/h3-9H,2,10H2,1H3. The van der Waals surface area contributed by atoms with Crippen molar-refractivity contribution in [2.45, 2.75) is 20.1 Å². The summed E-state index contributed by atoms with van der Waals surface area (Å²) in [5, 5.41) is -0.122. The molecule has 0 saturated heterocycles. The summed E-state index contributed by atoms with van der Waals surface area (Å²) >= 11 is 0. The molecule has 0 fully saturated rings. The van der Waals surface area contributed by atoms with E-state index in [9.17, 15) is 18.4 Å². The second-order valence-electron chi connectivity index (χ2n) is 5.17. The zero-order valence-electron chi connectivity index (χ0n) is 12.8. The summed E-state index contributed by atoms with van der Waals surface area (Å²) in [5.41, 5.74) is -0.769. The SMILES string of the molecule is CCn1c(=O)n(OCc2ccccc2)c(=O)c2cc(F)c(F)cc21. The summed E-state index contributed by atoms with van der Waals surface area (Å²) in [7, 11) is 0. The molecule has 24 heavy (non-hydrogen) atoms. The minimum Gasteiger partial charge on any atom is -0.401 e. The van der Waals surface area contributed by atoms with E-state index in [0.29, 0.717) is 4.73 Å². The molecule has 0 bridgehead atoms. The van der Waals surface area contributed by atoms with Gasteiger partial charge in [-0.1, -0.05) is 35.1 Å². The van der Waals surface area contributed by atoms with Crippen molar-refractivity contribution in [3.8, 4) is 0 Å². The van der Waals surface area contributed by atoms with Crippen LogP contribution >= 0.6 is 0 Å². The second-order valence-corrected chi connectivity index (χ2v) is 5.17. The van der Waals surface area contributed by atoms with Gasteiger partial charge in [0, 0.05) is 12.6 Å². The largest absolute Gasteiger partial charge is 0.401 e. The molecule has 0 spiro atoms. The highest BCUT2D eigenvalue weighted by Gasteiger charge is 2.16. The first kappa shape index (κ1) is 15.9. The van der Waals surface area contributed by atoms with Crippen LogP contribution in [-0.4, -0.2) is 9.30 Å². The fourth-order valence-electron chi connectivity index (χ4n) is 2.47. The number of hydrogen-bond donors (Lipinski definition) is 0. The third-order valence-corrected chi connectivity index (χ3v) is 3.67. The lowest BCUT2D eigenvalue weighted by Gasteiger charge is -2.13. The van der Waals surface area contributed by atoms with Gasteiger partial charge in [-0.2, -0.15) is 0 Å². The number of halogens is 2. The molecule has 0 radical (unpaired) electrons. The van der Waals surface area contributed by atoms with Gasteiger partial charge in [0.05, 0.1) is 10.9 Å². The molecule has 1 aromatic heterocycles. The van der Waals surface area contributed by atoms with Gasteiger partial charge in [-0.3, -0.25) is 9.36 Å². The highest BCUT2D eigenvalue weighted by Crippen LogP contribution is 2.14. The van der Waals surface area contributed by atoms with E-state index < -0.39 is 22.9 Å². The molecule has 0 aliphatic carbocycles. The Bertz CT molecular complexity index is 1010. The maximum absolute atomic E-state index is 13.5. The molecular formula is C17H14F2N2O3. The fraction of sp³-hybridized carbons (Fsp3) is 0.176. The predicted molar refractivity (Wildman–Crippen MR) is 84.8 cm³/mol. The van der Waals surface area contributed by atoms with Gasteiger partial charge in [0.25, 0.3) is 5.56 Å². The van der Waals surface area contributed by atoms with Crippen LogP contribution in [0, 0.1) is 11.6 Å². The van der Waals surface area contributed by atoms with Crippen LogP contribution in [-0.2, 0) is 13.2 Å². The number of benzene rings is 2. The van der Waals surface area contributed by atoms with Crippen LogP contribution in [0.3, 0.4) is 0 Å². The summed E-state index contributed by atoms with van der Waals surface area (Å²) in [4.78, 5) is 30.2. The van der Waals surface area contributed by atoms with E-state index in [0.717, 1.165) is 22.3 Å². The van der Waals surface area contributed by atoms with Crippen LogP contribution < -0.4 is 16.1 Å². The number of aryl methyl sites for hydroxylation is 1. The molecule has 0 saturated carbocycles. The van der Waals surface area contributed by atoms with E-state index in [4.69, 9.17) is 4.84 Å². The van der Waals surface area contributed by atoms with Crippen molar-refractivity contribution in [3.05, 3.63) is 80.5 Å². The number of hydrogen-bond acceptors (Lipinski definition) is 3. The Kier molecular flexibility index (Phi) is 4.16. The van der Waals surface area contributed by atoms with Gasteiger partial charge in [-0.15, -0.1) is 0 Å². The molecule has 0 aliphatic rings. The highest BCUT2D eigenvalue weighted by molar-refractivity contribution is 5.78. The number of nitrogens with zero attached hydrogens (tertiary/aromatic N) is 2. The van der Waals surface area contributed by atoms with Gasteiger partial charge >= 0.3 is 5.69 Å². The van der Waals surface area contributed by atoms with Crippen molar-refractivity contribution in [3.63, 3.8) is 0 Å². The van der Waals surface area contributed by atoms with Gasteiger partial charge in [-0.25, -0.2) is 13.6 Å². The van der Waals surface area contributed by atoms with Crippen molar-refractivity contribution in [1.29, 1.82) is 0 Å². The minimum absolute atomic E-state index is 0.00507. The molecule has 124 valence electrons. The molecule has 1 heterocycles. The van der Waals surface area contributed by atoms with Gasteiger partial charge in [-0.05, 0) is 18.6 Å². The average Bonchev–Trinajstić information content (AvgIpc) is 2.58. The lowest BCUT2D eigenvalue weighted by Crippen LogP contribution is -2.43. The predicted octanol–water partition coefficient (Wildman–Crippen LogP) is 2.09. The topological polar surface area (TPSA) is 53.2 Å². The molecule has 0 atom stereocenters. The minimum atomic E-state index is -1.16. The van der Waals surface area contributed by atoms with E-state index in [1.807, 2.05) is 6.07 Å². The Labute approximate surface area is 135 Å². The third-order valence-electron chi connectivity index (χ3n) is 3.67.